The Balaban J connectivity index is 2.28. The van der Waals surface area contributed by atoms with Gasteiger partial charge in [-0.05, 0) is 37.5 Å². The molecule has 8 heteroatoms. The number of hydrogen-bond donors (Lipinski definition) is 1. The summed E-state index contributed by atoms with van der Waals surface area (Å²) in [7, 11) is -3.73. The van der Waals surface area contributed by atoms with Crippen molar-refractivity contribution in [1.29, 1.82) is 0 Å². The third-order valence-corrected chi connectivity index (χ3v) is 6.66. The second-order valence-corrected chi connectivity index (χ2v) is 7.69. The van der Waals surface area contributed by atoms with E-state index in [1.54, 1.807) is 6.92 Å². The largest absolute Gasteiger partial charge is 0.481 e. The number of aliphatic carboxylic acids is 1. The van der Waals surface area contributed by atoms with Crippen LogP contribution in [0.5, 0.6) is 0 Å². The van der Waals surface area contributed by atoms with Crippen molar-refractivity contribution in [2.24, 2.45) is 5.92 Å². The molecule has 0 unspecified atom stereocenters. The van der Waals surface area contributed by atoms with Gasteiger partial charge in [-0.25, -0.2) is 8.42 Å². The van der Waals surface area contributed by atoms with Crippen LogP contribution in [-0.4, -0.2) is 36.9 Å². The molecule has 0 spiro atoms. The van der Waals surface area contributed by atoms with E-state index in [-0.39, 0.29) is 23.0 Å². The number of hydrogen-bond acceptors (Lipinski definition) is 3. The van der Waals surface area contributed by atoms with Crippen LogP contribution in [0.25, 0.3) is 0 Å². The maximum absolute atomic E-state index is 12.6. The maximum Gasteiger partial charge on any atom is 0.306 e. The summed E-state index contributed by atoms with van der Waals surface area (Å²) in [6.07, 6.45) is 0.609. The van der Waals surface area contributed by atoms with Gasteiger partial charge in [0.15, 0.2) is 0 Å². The molecule has 0 radical (unpaired) electrons. The highest BCUT2D eigenvalue weighted by Crippen LogP contribution is 2.33. The normalized spacial score (nSPS) is 17.9. The first-order valence-corrected chi connectivity index (χ1v) is 8.62. The van der Waals surface area contributed by atoms with Crippen LogP contribution >= 0.6 is 23.2 Å². The first-order valence-electron chi connectivity index (χ1n) is 6.42. The zero-order valence-electron chi connectivity index (χ0n) is 11.3. The molecule has 1 heterocycles. The first-order chi connectivity index (χ1) is 9.75. The third-order valence-electron chi connectivity index (χ3n) is 3.71. The van der Waals surface area contributed by atoms with Gasteiger partial charge in [-0.3, -0.25) is 4.79 Å². The minimum absolute atomic E-state index is 0.0137. The van der Waals surface area contributed by atoms with Crippen molar-refractivity contribution in [2.45, 2.75) is 24.7 Å². The van der Waals surface area contributed by atoms with Crippen molar-refractivity contribution in [3.05, 3.63) is 27.7 Å². The molecular formula is C13H15Cl2NO4S. The smallest absolute Gasteiger partial charge is 0.306 e. The highest BCUT2D eigenvalue weighted by atomic mass is 35.5. The molecule has 1 aliphatic rings. The van der Waals surface area contributed by atoms with Gasteiger partial charge in [-0.15, -0.1) is 0 Å². The van der Waals surface area contributed by atoms with Crippen LogP contribution in [-0.2, 0) is 14.8 Å². The summed E-state index contributed by atoms with van der Waals surface area (Å²) in [4.78, 5) is 10.9. The van der Waals surface area contributed by atoms with Crippen molar-refractivity contribution >= 4 is 39.2 Å². The molecule has 2 rings (SSSR count). The number of carboxylic acid groups (broad SMARTS) is 1. The monoisotopic (exact) mass is 351 g/mol. The molecule has 1 saturated heterocycles. The van der Waals surface area contributed by atoms with Crippen molar-refractivity contribution < 1.29 is 18.3 Å². The summed E-state index contributed by atoms with van der Waals surface area (Å²) in [5.74, 6) is -1.37. The summed E-state index contributed by atoms with van der Waals surface area (Å²) in [5.41, 5.74) is 0.514. The topological polar surface area (TPSA) is 74.7 Å². The van der Waals surface area contributed by atoms with Crippen molar-refractivity contribution in [2.75, 3.05) is 13.1 Å². The fourth-order valence-electron chi connectivity index (χ4n) is 2.32. The van der Waals surface area contributed by atoms with Gasteiger partial charge in [-0.1, -0.05) is 23.2 Å². The molecule has 1 N–H and O–H groups in total. The minimum atomic E-state index is -3.73. The van der Waals surface area contributed by atoms with Crippen LogP contribution < -0.4 is 0 Å². The van der Waals surface area contributed by atoms with E-state index in [0.717, 1.165) is 0 Å². The fraction of sp³-hybridized carbons (Fsp3) is 0.462. The number of sulfonamides is 1. The summed E-state index contributed by atoms with van der Waals surface area (Å²) in [6, 6.07) is 2.88. The Bertz CT molecular complexity index is 667. The van der Waals surface area contributed by atoms with Crippen LogP contribution in [0, 0.1) is 12.8 Å². The summed E-state index contributed by atoms with van der Waals surface area (Å²) >= 11 is 12.0. The van der Waals surface area contributed by atoms with Crippen molar-refractivity contribution in [1.82, 2.24) is 4.31 Å². The SMILES string of the molecule is Cc1c(Cl)ccc(S(=O)(=O)N2CCC(C(=O)O)CC2)c1Cl. The van der Waals surface area contributed by atoms with Gasteiger partial charge in [0.25, 0.3) is 0 Å². The van der Waals surface area contributed by atoms with E-state index >= 15 is 0 Å². The quantitative estimate of drug-likeness (QED) is 0.908. The Labute approximate surface area is 133 Å². The van der Waals surface area contributed by atoms with E-state index in [4.69, 9.17) is 28.3 Å². The van der Waals surface area contributed by atoms with Gasteiger partial charge < -0.3 is 5.11 Å². The Hall–Kier alpha value is -0.820. The molecule has 5 nitrogen and oxygen atoms in total. The molecule has 0 atom stereocenters. The number of halogens is 2. The lowest BCUT2D eigenvalue weighted by molar-refractivity contribution is -0.142. The van der Waals surface area contributed by atoms with Gasteiger partial charge in [0, 0.05) is 18.1 Å². The standard InChI is InChI=1S/C13H15Cl2NO4S/c1-8-10(14)2-3-11(12(8)15)21(19,20)16-6-4-9(5-7-16)13(17)18/h2-3,9H,4-7H2,1H3,(H,17,18). The second kappa shape index (κ2) is 6.12. The van der Waals surface area contributed by atoms with Crippen molar-refractivity contribution in [3.63, 3.8) is 0 Å². The summed E-state index contributed by atoms with van der Waals surface area (Å²) in [6.45, 7) is 2.01. The van der Waals surface area contributed by atoms with E-state index in [1.807, 2.05) is 0 Å². The fourth-order valence-corrected chi connectivity index (χ4v) is 4.57. The van der Waals surface area contributed by atoms with Crippen LogP contribution in [0.15, 0.2) is 17.0 Å². The molecule has 1 fully saturated rings. The molecule has 1 aromatic carbocycles. The Morgan fingerprint density at radius 1 is 1.29 bits per heavy atom. The van der Waals surface area contributed by atoms with E-state index in [2.05, 4.69) is 0 Å². The first kappa shape index (κ1) is 16.5. The zero-order chi connectivity index (χ0) is 15.8. The molecule has 0 bridgehead atoms. The third kappa shape index (κ3) is 3.18. The number of nitrogens with zero attached hydrogens (tertiary/aromatic N) is 1. The molecule has 21 heavy (non-hydrogen) atoms. The van der Waals surface area contributed by atoms with Gasteiger partial charge >= 0.3 is 5.97 Å². The molecule has 1 aliphatic heterocycles. The van der Waals surface area contributed by atoms with Gasteiger partial charge in [-0.2, -0.15) is 4.31 Å². The predicted molar refractivity (Wildman–Crippen MR) is 80.3 cm³/mol. The zero-order valence-corrected chi connectivity index (χ0v) is 13.7. The van der Waals surface area contributed by atoms with E-state index in [1.165, 1.54) is 16.4 Å². The average molecular weight is 352 g/mol. The van der Waals surface area contributed by atoms with Crippen LogP contribution in [0.3, 0.4) is 0 Å². The molecule has 0 saturated carbocycles. The lowest BCUT2D eigenvalue weighted by Gasteiger charge is -2.29. The summed E-state index contributed by atoms with van der Waals surface area (Å²) < 4.78 is 26.5. The van der Waals surface area contributed by atoms with Gasteiger partial charge in [0.1, 0.15) is 4.90 Å². The molecule has 0 amide bonds. The number of carboxylic acids is 1. The molecular weight excluding hydrogens is 337 g/mol. The average Bonchev–Trinajstić information content (AvgIpc) is 2.44. The lowest BCUT2D eigenvalue weighted by Crippen LogP contribution is -2.40. The number of piperidine rings is 1. The molecule has 0 aliphatic carbocycles. The van der Waals surface area contributed by atoms with E-state index in [0.29, 0.717) is 23.4 Å². The minimum Gasteiger partial charge on any atom is -0.481 e. The van der Waals surface area contributed by atoms with E-state index in [9.17, 15) is 13.2 Å². The van der Waals surface area contributed by atoms with Crippen LogP contribution in [0.4, 0.5) is 0 Å². The highest BCUT2D eigenvalue weighted by Gasteiger charge is 2.33. The lowest BCUT2D eigenvalue weighted by atomic mass is 9.99. The maximum atomic E-state index is 12.6. The Morgan fingerprint density at radius 2 is 1.86 bits per heavy atom. The van der Waals surface area contributed by atoms with E-state index < -0.39 is 21.9 Å². The summed E-state index contributed by atoms with van der Waals surface area (Å²) in [5, 5.41) is 9.47. The van der Waals surface area contributed by atoms with Gasteiger partial charge in [0.05, 0.1) is 10.9 Å². The Morgan fingerprint density at radius 3 is 2.38 bits per heavy atom. The van der Waals surface area contributed by atoms with Crippen molar-refractivity contribution in [3.8, 4) is 0 Å². The van der Waals surface area contributed by atoms with Crippen LogP contribution in [0.1, 0.15) is 18.4 Å². The molecule has 116 valence electrons. The highest BCUT2D eigenvalue weighted by molar-refractivity contribution is 7.89. The number of carbonyl (C=O) groups is 1. The molecule has 1 aromatic rings. The Kier molecular flexibility index (Phi) is 4.82. The number of rotatable bonds is 3. The second-order valence-electron chi connectivity index (χ2n) is 5.00. The molecule has 0 aromatic heterocycles. The van der Waals surface area contributed by atoms with Gasteiger partial charge in [0.2, 0.25) is 10.0 Å². The number of benzene rings is 1. The predicted octanol–water partition coefficient (Wildman–Crippen LogP) is 2.79. The van der Waals surface area contributed by atoms with Crippen LogP contribution in [0.2, 0.25) is 10.0 Å².